The number of benzene rings is 2. The molecular formula is C32H36N2O5. The number of carbonyl (C=O) groups is 2. The molecule has 7 rings (SSSR count). The summed E-state index contributed by atoms with van der Waals surface area (Å²) in [5.74, 6) is 0.970. The summed E-state index contributed by atoms with van der Waals surface area (Å²) in [6, 6.07) is 13.4. The Morgan fingerprint density at radius 1 is 1.15 bits per heavy atom. The number of hydrogen-bond donors (Lipinski definition) is 1. The summed E-state index contributed by atoms with van der Waals surface area (Å²) in [4.78, 5) is 30.6. The van der Waals surface area contributed by atoms with Gasteiger partial charge >= 0.3 is 5.97 Å². The predicted molar refractivity (Wildman–Crippen MR) is 146 cm³/mol. The molecule has 1 amide bonds. The van der Waals surface area contributed by atoms with Gasteiger partial charge in [-0.3, -0.25) is 14.5 Å². The first kappa shape index (κ1) is 24.7. The number of likely N-dealkylation sites (N-methyl/N-ethyl adjacent to an activating group) is 1. The van der Waals surface area contributed by atoms with Gasteiger partial charge in [0.15, 0.2) is 11.5 Å². The molecule has 1 N–H and O–H groups in total. The number of phenols is 1. The number of carbonyl (C=O) groups excluding carboxylic acids is 2. The summed E-state index contributed by atoms with van der Waals surface area (Å²) in [7, 11) is 1.84. The second-order valence-electron chi connectivity index (χ2n) is 12.1. The quantitative estimate of drug-likeness (QED) is 0.450. The summed E-state index contributed by atoms with van der Waals surface area (Å²) in [6.07, 6.45) is 8.39. The Morgan fingerprint density at radius 3 is 2.69 bits per heavy atom. The molecule has 7 heteroatoms. The Hall–Kier alpha value is -3.32. The number of nitrogens with zero attached hydrogens (tertiary/aromatic N) is 2. The van der Waals surface area contributed by atoms with Crippen LogP contribution in [0.3, 0.4) is 0 Å². The highest BCUT2D eigenvalue weighted by Gasteiger charge is 2.75. The zero-order valence-corrected chi connectivity index (χ0v) is 22.6. The fourth-order valence-electron chi connectivity index (χ4n) is 8.30. The second kappa shape index (κ2) is 8.85. The Balaban J connectivity index is 1.31. The van der Waals surface area contributed by atoms with Crippen LogP contribution in [0.1, 0.15) is 55.7 Å². The normalized spacial score (nSPS) is 32.4. The number of ether oxygens (including phenoxy) is 2. The number of piperidine rings is 1. The molecule has 2 bridgehead atoms. The van der Waals surface area contributed by atoms with Crippen LogP contribution in [0.15, 0.2) is 48.5 Å². The minimum absolute atomic E-state index is 0.0461. The van der Waals surface area contributed by atoms with Gasteiger partial charge in [0.2, 0.25) is 5.91 Å². The summed E-state index contributed by atoms with van der Waals surface area (Å²) < 4.78 is 13.2. The van der Waals surface area contributed by atoms with Crippen molar-refractivity contribution in [3.8, 4) is 11.5 Å². The first-order chi connectivity index (χ1) is 18.8. The molecule has 1 spiro atoms. The van der Waals surface area contributed by atoms with Crippen LogP contribution in [0.25, 0.3) is 6.08 Å². The molecule has 0 unspecified atom stereocenters. The van der Waals surface area contributed by atoms with Crippen LogP contribution in [0.4, 0.5) is 0 Å². The highest BCUT2D eigenvalue weighted by Crippen LogP contribution is 2.67. The maximum absolute atomic E-state index is 13.5. The lowest BCUT2D eigenvalue weighted by atomic mass is 9.48. The van der Waals surface area contributed by atoms with Crippen molar-refractivity contribution in [1.29, 1.82) is 0 Å². The lowest BCUT2D eigenvalue weighted by Gasteiger charge is -2.65. The highest BCUT2D eigenvalue weighted by molar-refractivity contribution is 5.92. The van der Waals surface area contributed by atoms with Crippen LogP contribution in [-0.4, -0.2) is 70.7 Å². The Bertz CT molecular complexity index is 1350. The van der Waals surface area contributed by atoms with Gasteiger partial charge in [-0.05, 0) is 74.3 Å². The molecule has 1 saturated heterocycles. The van der Waals surface area contributed by atoms with Gasteiger partial charge in [0.1, 0.15) is 11.7 Å². The Labute approximate surface area is 229 Å². The number of hydrogen-bond acceptors (Lipinski definition) is 6. The SMILES string of the molecule is CC(=O)O[C@@]12CC[C@H](N(C)C(=O)C=Cc3ccccc3)[C@@H]3Oc4c(O)ccc5c4[C@@]31CCN(CC1CC1)[C@@H]2C5. The van der Waals surface area contributed by atoms with Gasteiger partial charge in [-0.15, -0.1) is 0 Å². The smallest absolute Gasteiger partial charge is 0.303 e. The topological polar surface area (TPSA) is 79.3 Å². The van der Waals surface area contributed by atoms with Crippen LogP contribution in [0, 0.1) is 5.92 Å². The van der Waals surface area contributed by atoms with Crippen molar-refractivity contribution in [3.63, 3.8) is 0 Å². The van der Waals surface area contributed by atoms with Gasteiger partial charge in [0.05, 0.1) is 17.5 Å². The van der Waals surface area contributed by atoms with Gasteiger partial charge in [0.25, 0.3) is 0 Å². The van der Waals surface area contributed by atoms with Gasteiger partial charge in [-0.2, -0.15) is 0 Å². The third-order valence-electron chi connectivity index (χ3n) is 10.1. The molecule has 0 radical (unpaired) electrons. The fraction of sp³-hybridized carbons (Fsp3) is 0.500. The largest absolute Gasteiger partial charge is 0.504 e. The van der Waals surface area contributed by atoms with E-state index < -0.39 is 17.1 Å². The monoisotopic (exact) mass is 528 g/mol. The number of likely N-dealkylation sites (tertiary alicyclic amines) is 1. The van der Waals surface area contributed by atoms with Crippen LogP contribution >= 0.6 is 0 Å². The van der Waals surface area contributed by atoms with Crippen molar-refractivity contribution in [2.24, 2.45) is 5.92 Å². The third kappa shape index (κ3) is 3.58. The van der Waals surface area contributed by atoms with Crippen LogP contribution < -0.4 is 4.74 Å². The zero-order valence-electron chi connectivity index (χ0n) is 22.6. The molecule has 2 saturated carbocycles. The number of aromatic hydroxyl groups is 1. The van der Waals surface area contributed by atoms with Crippen molar-refractivity contribution in [1.82, 2.24) is 9.80 Å². The fourth-order valence-corrected chi connectivity index (χ4v) is 8.30. The van der Waals surface area contributed by atoms with E-state index in [-0.39, 0.29) is 29.7 Å². The third-order valence-corrected chi connectivity index (χ3v) is 10.1. The molecule has 3 aliphatic carbocycles. The Kier molecular flexibility index (Phi) is 5.60. The van der Waals surface area contributed by atoms with Gasteiger partial charge in [-0.1, -0.05) is 36.4 Å². The minimum Gasteiger partial charge on any atom is -0.504 e. The predicted octanol–water partition coefficient (Wildman–Crippen LogP) is 4.07. The van der Waals surface area contributed by atoms with Crippen molar-refractivity contribution in [2.45, 2.75) is 74.7 Å². The van der Waals surface area contributed by atoms with E-state index in [1.54, 1.807) is 17.0 Å². The van der Waals surface area contributed by atoms with Gasteiger partial charge in [0, 0.05) is 32.2 Å². The van der Waals surface area contributed by atoms with Crippen molar-refractivity contribution < 1.29 is 24.2 Å². The molecule has 2 aromatic carbocycles. The molecule has 3 fully saturated rings. The van der Waals surface area contributed by atoms with E-state index in [4.69, 9.17) is 9.47 Å². The lowest BCUT2D eigenvalue weighted by molar-refractivity contribution is -0.223. The molecule has 2 heterocycles. The van der Waals surface area contributed by atoms with Crippen molar-refractivity contribution in [2.75, 3.05) is 20.1 Å². The van der Waals surface area contributed by atoms with Crippen molar-refractivity contribution in [3.05, 3.63) is 65.2 Å². The van der Waals surface area contributed by atoms with E-state index in [1.807, 2.05) is 49.5 Å². The number of esters is 1. The number of phenolic OH excluding ortho intramolecular Hbond substituents is 1. The minimum atomic E-state index is -0.761. The van der Waals surface area contributed by atoms with E-state index in [2.05, 4.69) is 4.90 Å². The standard InChI is InChI=1S/C32H36N2O5/c1-20(35)39-32-15-14-24(33(2)27(37)13-10-21-6-4-3-5-7-21)30-31(32)16-17-34(19-22-8-9-22)26(32)18-23-11-12-25(36)29(38-30)28(23)31/h3-7,10-13,22,24,26,30,36H,8-9,14-19H2,1-2H3/t24-,26+,30-,31-,32+/m0/s1. The van der Waals surface area contributed by atoms with Crippen LogP contribution in [0.5, 0.6) is 11.5 Å². The summed E-state index contributed by atoms with van der Waals surface area (Å²) in [6.45, 7) is 3.42. The van der Waals surface area contributed by atoms with E-state index in [1.165, 1.54) is 19.8 Å². The average Bonchev–Trinajstić information content (AvgIpc) is 3.67. The van der Waals surface area contributed by atoms with E-state index in [0.717, 1.165) is 48.5 Å². The number of amides is 1. The van der Waals surface area contributed by atoms with Crippen LogP contribution in [-0.2, 0) is 26.2 Å². The van der Waals surface area contributed by atoms with Crippen LogP contribution in [0.2, 0.25) is 0 Å². The number of rotatable bonds is 6. The zero-order chi connectivity index (χ0) is 26.9. The second-order valence-corrected chi connectivity index (χ2v) is 12.1. The van der Waals surface area contributed by atoms with Gasteiger partial charge in [-0.25, -0.2) is 0 Å². The summed E-state index contributed by atoms with van der Waals surface area (Å²) in [5, 5.41) is 11.0. The maximum atomic E-state index is 13.5. The molecule has 2 aromatic rings. The summed E-state index contributed by atoms with van der Waals surface area (Å²) in [5.41, 5.74) is 1.75. The van der Waals surface area contributed by atoms with Gasteiger partial charge < -0.3 is 19.5 Å². The molecule has 7 nitrogen and oxygen atoms in total. The summed E-state index contributed by atoms with van der Waals surface area (Å²) >= 11 is 0. The lowest BCUT2D eigenvalue weighted by Crippen LogP contribution is -2.79. The highest BCUT2D eigenvalue weighted by atomic mass is 16.6. The molecule has 5 aliphatic rings. The molecule has 0 aromatic heterocycles. The first-order valence-electron chi connectivity index (χ1n) is 14.3. The van der Waals surface area contributed by atoms with E-state index in [0.29, 0.717) is 18.6 Å². The molecule has 204 valence electrons. The molecule has 39 heavy (non-hydrogen) atoms. The average molecular weight is 529 g/mol. The van der Waals surface area contributed by atoms with Crippen molar-refractivity contribution >= 4 is 18.0 Å². The Morgan fingerprint density at radius 2 is 1.95 bits per heavy atom. The van der Waals surface area contributed by atoms with E-state index >= 15 is 0 Å². The molecule has 5 atom stereocenters. The van der Waals surface area contributed by atoms with E-state index in [9.17, 15) is 14.7 Å². The molecular weight excluding hydrogens is 492 g/mol. The molecule has 2 aliphatic heterocycles. The first-order valence-corrected chi connectivity index (χ1v) is 14.3. The maximum Gasteiger partial charge on any atom is 0.303 e.